The van der Waals surface area contributed by atoms with E-state index in [1.807, 2.05) is 22.6 Å². The van der Waals surface area contributed by atoms with Crippen LogP contribution in [0.2, 0.25) is 0 Å². The van der Waals surface area contributed by atoms with E-state index in [2.05, 4.69) is 16.9 Å². The molecular weight excluding hydrogens is 305 g/mol. The Kier molecular flexibility index (Phi) is 3.92. The van der Waals surface area contributed by atoms with E-state index in [1.54, 1.807) is 0 Å². The van der Waals surface area contributed by atoms with E-state index in [-0.39, 0.29) is 5.82 Å². The first-order valence-electron chi connectivity index (χ1n) is 3.48. The lowest BCUT2D eigenvalue weighted by Crippen LogP contribution is -2.04. The van der Waals surface area contributed by atoms with E-state index >= 15 is 0 Å². The van der Waals surface area contributed by atoms with Crippen LogP contribution in [0.1, 0.15) is 0 Å². The summed E-state index contributed by atoms with van der Waals surface area (Å²) in [5.41, 5.74) is 0. The molecule has 2 nitrogen and oxygen atoms in total. The Hall–Kier alpha value is -0.360. The number of rotatable bonds is 3. The number of aromatic nitrogens is 1. The predicted octanol–water partition coefficient (Wildman–Crippen LogP) is 2.99. The van der Waals surface area contributed by atoms with Crippen molar-refractivity contribution in [2.75, 3.05) is 11.9 Å². The smallest absolute Gasteiger partial charge is 0.142 e. The summed E-state index contributed by atoms with van der Waals surface area (Å²) in [6.45, 7) is 3.94. The largest absolute Gasteiger partial charge is 0.364 e. The van der Waals surface area contributed by atoms with E-state index in [4.69, 9.17) is 11.6 Å². The molecule has 1 aromatic heterocycles. The third-order valence-corrected chi connectivity index (χ3v) is 2.21. The lowest BCUT2D eigenvalue weighted by molar-refractivity contribution is 0.620. The van der Waals surface area contributed by atoms with E-state index in [0.29, 0.717) is 17.4 Å². The first-order chi connectivity index (χ1) is 6.09. The highest BCUT2D eigenvalue weighted by Crippen LogP contribution is 2.16. The van der Waals surface area contributed by atoms with E-state index < -0.39 is 0 Å². The molecule has 0 saturated heterocycles. The van der Waals surface area contributed by atoms with Crippen molar-refractivity contribution >= 4 is 40.0 Å². The molecular formula is C8H7ClFIN2. The van der Waals surface area contributed by atoms with Crippen molar-refractivity contribution < 1.29 is 4.39 Å². The predicted molar refractivity (Wildman–Crippen MR) is 60.4 cm³/mol. The van der Waals surface area contributed by atoms with Gasteiger partial charge < -0.3 is 5.32 Å². The van der Waals surface area contributed by atoms with Crippen molar-refractivity contribution in [3.63, 3.8) is 0 Å². The van der Waals surface area contributed by atoms with Crippen LogP contribution in [-0.4, -0.2) is 11.5 Å². The van der Waals surface area contributed by atoms with Crippen molar-refractivity contribution in [2.45, 2.75) is 0 Å². The molecule has 0 amide bonds. The number of hydrogen-bond donors (Lipinski definition) is 1. The van der Waals surface area contributed by atoms with Gasteiger partial charge >= 0.3 is 0 Å². The van der Waals surface area contributed by atoms with Gasteiger partial charge in [0.15, 0.2) is 0 Å². The summed E-state index contributed by atoms with van der Waals surface area (Å²) < 4.78 is 13.3. The summed E-state index contributed by atoms with van der Waals surface area (Å²) in [5, 5.41) is 3.41. The van der Waals surface area contributed by atoms with Crippen LogP contribution in [0.4, 0.5) is 10.2 Å². The van der Waals surface area contributed by atoms with Gasteiger partial charge in [0.25, 0.3) is 0 Å². The first-order valence-corrected chi connectivity index (χ1v) is 4.93. The standard InChI is InChI=1S/C8H7ClFIN2/c1-5(9)3-12-8-7(11)2-6(10)4-13-8/h2,4H,1,3H2,(H,12,13). The number of pyridine rings is 1. The van der Waals surface area contributed by atoms with Crippen LogP contribution in [0.25, 0.3) is 0 Å². The van der Waals surface area contributed by atoms with Gasteiger partial charge in [0.2, 0.25) is 0 Å². The summed E-state index contributed by atoms with van der Waals surface area (Å²) in [6.07, 6.45) is 1.15. The molecule has 1 N–H and O–H groups in total. The van der Waals surface area contributed by atoms with Gasteiger partial charge in [0.1, 0.15) is 11.6 Å². The van der Waals surface area contributed by atoms with Crippen LogP contribution in [0, 0.1) is 9.39 Å². The quantitative estimate of drug-likeness (QED) is 0.868. The Labute approximate surface area is 94.3 Å². The van der Waals surface area contributed by atoms with Crippen molar-refractivity contribution in [1.82, 2.24) is 4.98 Å². The van der Waals surface area contributed by atoms with Crippen LogP contribution in [-0.2, 0) is 0 Å². The van der Waals surface area contributed by atoms with Crippen LogP contribution in [0.5, 0.6) is 0 Å². The number of nitrogens with zero attached hydrogens (tertiary/aromatic N) is 1. The fraction of sp³-hybridized carbons (Fsp3) is 0.125. The Balaban J connectivity index is 2.72. The van der Waals surface area contributed by atoms with Gasteiger partial charge in [-0.25, -0.2) is 9.37 Å². The van der Waals surface area contributed by atoms with E-state index in [9.17, 15) is 4.39 Å². The van der Waals surface area contributed by atoms with Gasteiger partial charge in [0, 0.05) is 5.03 Å². The maximum absolute atomic E-state index is 12.6. The third-order valence-electron chi connectivity index (χ3n) is 1.26. The van der Waals surface area contributed by atoms with Gasteiger partial charge in [-0.15, -0.1) is 0 Å². The van der Waals surface area contributed by atoms with E-state index in [0.717, 1.165) is 9.77 Å². The molecule has 0 spiro atoms. The van der Waals surface area contributed by atoms with Crippen LogP contribution in [0.3, 0.4) is 0 Å². The highest BCUT2D eigenvalue weighted by atomic mass is 127. The SMILES string of the molecule is C=C(Cl)CNc1ncc(F)cc1I. The van der Waals surface area contributed by atoms with Crippen molar-refractivity contribution in [3.8, 4) is 0 Å². The molecule has 0 fully saturated rings. The lowest BCUT2D eigenvalue weighted by atomic mass is 10.4. The average Bonchev–Trinajstić information content (AvgIpc) is 2.02. The number of anilines is 1. The molecule has 0 atom stereocenters. The molecule has 0 bridgehead atoms. The average molecular weight is 313 g/mol. The summed E-state index contributed by atoms with van der Waals surface area (Å²) in [4.78, 5) is 3.86. The molecule has 1 aromatic rings. The van der Waals surface area contributed by atoms with Gasteiger partial charge in [-0.05, 0) is 28.7 Å². The second-order valence-corrected chi connectivity index (χ2v) is 4.05. The van der Waals surface area contributed by atoms with E-state index in [1.165, 1.54) is 6.07 Å². The molecule has 0 saturated carbocycles. The second kappa shape index (κ2) is 4.76. The zero-order valence-electron chi connectivity index (χ0n) is 6.65. The van der Waals surface area contributed by atoms with Crippen LogP contribution >= 0.6 is 34.2 Å². The minimum absolute atomic E-state index is 0.348. The van der Waals surface area contributed by atoms with Crippen LogP contribution < -0.4 is 5.32 Å². The summed E-state index contributed by atoms with van der Waals surface area (Å²) in [5.74, 6) is 0.267. The number of halogens is 3. The molecule has 0 aliphatic rings. The molecule has 0 radical (unpaired) electrons. The monoisotopic (exact) mass is 312 g/mol. The molecule has 1 rings (SSSR count). The molecule has 5 heteroatoms. The van der Waals surface area contributed by atoms with Gasteiger partial charge in [0.05, 0.1) is 16.3 Å². The highest BCUT2D eigenvalue weighted by Gasteiger charge is 2.01. The lowest BCUT2D eigenvalue weighted by Gasteiger charge is -2.05. The Morgan fingerprint density at radius 1 is 1.77 bits per heavy atom. The highest BCUT2D eigenvalue weighted by molar-refractivity contribution is 14.1. The molecule has 0 aromatic carbocycles. The van der Waals surface area contributed by atoms with Gasteiger partial charge in [-0.3, -0.25) is 0 Å². The Morgan fingerprint density at radius 3 is 3.00 bits per heavy atom. The minimum atomic E-state index is -0.348. The Morgan fingerprint density at radius 2 is 2.46 bits per heavy atom. The van der Waals surface area contributed by atoms with Crippen molar-refractivity contribution in [2.24, 2.45) is 0 Å². The fourth-order valence-corrected chi connectivity index (χ4v) is 1.42. The summed E-state index contributed by atoms with van der Waals surface area (Å²) in [6, 6.07) is 1.40. The molecule has 0 unspecified atom stereocenters. The number of hydrogen-bond acceptors (Lipinski definition) is 2. The summed E-state index contributed by atoms with van der Waals surface area (Å²) in [7, 11) is 0. The van der Waals surface area contributed by atoms with Crippen LogP contribution in [0.15, 0.2) is 23.9 Å². The fourth-order valence-electron chi connectivity index (χ4n) is 0.724. The van der Waals surface area contributed by atoms with Crippen molar-refractivity contribution in [3.05, 3.63) is 33.3 Å². The molecule has 13 heavy (non-hydrogen) atoms. The zero-order chi connectivity index (χ0) is 9.84. The molecule has 0 aliphatic heterocycles. The molecule has 70 valence electrons. The molecule has 0 aliphatic carbocycles. The Bertz CT molecular complexity index is 330. The normalized spacial score (nSPS) is 9.77. The maximum atomic E-state index is 12.6. The van der Waals surface area contributed by atoms with Gasteiger partial charge in [-0.1, -0.05) is 18.2 Å². The minimum Gasteiger partial charge on any atom is -0.364 e. The zero-order valence-corrected chi connectivity index (χ0v) is 9.56. The third kappa shape index (κ3) is 3.48. The second-order valence-electron chi connectivity index (χ2n) is 2.35. The summed E-state index contributed by atoms with van der Waals surface area (Å²) >= 11 is 7.55. The van der Waals surface area contributed by atoms with Crippen molar-refractivity contribution in [1.29, 1.82) is 0 Å². The topological polar surface area (TPSA) is 24.9 Å². The van der Waals surface area contributed by atoms with Gasteiger partial charge in [-0.2, -0.15) is 0 Å². The molecule has 1 heterocycles. The number of nitrogens with one attached hydrogen (secondary N) is 1. The first kappa shape index (κ1) is 10.7. The maximum Gasteiger partial charge on any atom is 0.142 e.